The van der Waals surface area contributed by atoms with Gasteiger partial charge in [-0.2, -0.15) is 11.8 Å². The van der Waals surface area contributed by atoms with Crippen LogP contribution in [0, 0.1) is 0 Å². The van der Waals surface area contributed by atoms with E-state index in [0.717, 1.165) is 6.42 Å². The summed E-state index contributed by atoms with van der Waals surface area (Å²) in [4.78, 5) is 0. The van der Waals surface area contributed by atoms with Gasteiger partial charge in [-0.05, 0) is 6.42 Å². The summed E-state index contributed by atoms with van der Waals surface area (Å²) in [6.07, 6.45) is 3.15. The molecule has 0 aliphatic rings. The summed E-state index contributed by atoms with van der Waals surface area (Å²) in [5.41, 5.74) is 0. The molecule has 13 heavy (non-hydrogen) atoms. The molecule has 0 unspecified atom stereocenters. The molecular formula is C11H22OS. The van der Waals surface area contributed by atoms with E-state index in [1.54, 1.807) is 7.11 Å². The summed E-state index contributed by atoms with van der Waals surface area (Å²) in [6.45, 7) is 12.6. The van der Waals surface area contributed by atoms with E-state index in [2.05, 4.69) is 34.3 Å². The van der Waals surface area contributed by atoms with Crippen LogP contribution in [0.15, 0.2) is 12.7 Å². The molecule has 0 amide bonds. The maximum absolute atomic E-state index is 5.41. The lowest BCUT2D eigenvalue weighted by Gasteiger charge is -2.28. The first-order valence-electron chi connectivity index (χ1n) is 4.72. The van der Waals surface area contributed by atoms with Crippen LogP contribution in [-0.2, 0) is 4.74 Å². The minimum Gasteiger partial charge on any atom is -0.380 e. The third-order valence-corrected chi connectivity index (χ3v) is 3.15. The van der Waals surface area contributed by atoms with E-state index in [1.165, 1.54) is 0 Å². The molecule has 0 aromatic carbocycles. The smallest absolute Gasteiger partial charge is 0.0721 e. The second-order valence-electron chi connectivity index (χ2n) is 4.23. The average Bonchev–Trinajstić information content (AvgIpc) is 1.96. The van der Waals surface area contributed by atoms with E-state index in [1.807, 2.05) is 17.8 Å². The van der Waals surface area contributed by atoms with E-state index in [0.29, 0.717) is 16.1 Å². The Morgan fingerprint density at radius 3 is 2.31 bits per heavy atom. The first kappa shape index (κ1) is 13.1. The van der Waals surface area contributed by atoms with Crippen LogP contribution < -0.4 is 0 Å². The predicted molar refractivity (Wildman–Crippen MR) is 62.4 cm³/mol. The van der Waals surface area contributed by atoms with Crippen LogP contribution in [-0.4, -0.2) is 23.2 Å². The van der Waals surface area contributed by atoms with E-state index in [4.69, 9.17) is 4.74 Å². The summed E-state index contributed by atoms with van der Waals surface area (Å²) >= 11 is 1.96. The molecular weight excluding hydrogens is 180 g/mol. The number of thioether (sulfide) groups is 1. The third-order valence-electron chi connectivity index (χ3n) is 1.76. The molecule has 0 fully saturated rings. The van der Waals surface area contributed by atoms with Gasteiger partial charge in [-0.3, -0.25) is 0 Å². The van der Waals surface area contributed by atoms with E-state index < -0.39 is 0 Å². The minimum absolute atomic E-state index is 0.293. The molecule has 0 radical (unpaired) electrons. The molecule has 0 N–H and O–H groups in total. The normalized spacial score (nSPS) is 16.7. The summed E-state index contributed by atoms with van der Waals surface area (Å²) in [7, 11) is 1.77. The maximum atomic E-state index is 5.41. The zero-order chi connectivity index (χ0) is 10.5. The van der Waals surface area contributed by atoms with Gasteiger partial charge in [-0.25, -0.2) is 0 Å². The summed E-state index contributed by atoms with van der Waals surface area (Å²) < 4.78 is 5.71. The van der Waals surface area contributed by atoms with Crippen molar-refractivity contribution in [2.45, 2.75) is 50.2 Å². The van der Waals surface area contributed by atoms with Crippen molar-refractivity contribution in [2.24, 2.45) is 0 Å². The maximum Gasteiger partial charge on any atom is 0.0721 e. The Balaban J connectivity index is 4.04. The van der Waals surface area contributed by atoms with Crippen LogP contribution in [0.4, 0.5) is 0 Å². The fourth-order valence-corrected chi connectivity index (χ4v) is 2.77. The van der Waals surface area contributed by atoms with Gasteiger partial charge in [0.05, 0.1) is 6.10 Å². The molecule has 2 atom stereocenters. The van der Waals surface area contributed by atoms with Gasteiger partial charge >= 0.3 is 0 Å². The van der Waals surface area contributed by atoms with Gasteiger partial charge in [0.2, 0.25) is 0 Å². The molecule has 1 nitrogen and oxygen atoms in total. The van der Waals surface area contributed by atoms with Crippen LogP contribution in [0.2, 0.25) is 0 Å². The third kappa shape index (κ3) is 6.17. The lowest BCUT2D eigenvalue weighted by molar-refractivity contribution is 0.106. The number of ether oxygens (including phenoxy) is 1. The Kier molecular flexibility index (Phi) is 5.73. The monoisotopic (exact) mass is 202 g/mol. The summed E-state index contributed by atoms with van der Waals surface area (Å²) in [6, 6.07) is 0. The van der Waals surface area contributed by atoms with Gasteiger partial charge < -0.3 is 4.74 Å². The fraction of sp³-hybridized carbons (Fsp3) is 0.818. The Bertz CT molecular complexity index is 149. The molecule has 78 valence electrons. The number of rotatable bonds is 5. The van der Waals surface area contributed by atoms with E-state index in [-0.39, 0.29) is 0 Å². The first-order chi connectivity index (χ1) is 5.90. The molecule has 2 heteroatoms. The van der Waals surface area contributed by atoms with Gasteiger partial charge in [0, 0.05) is 17.1 Å². The number of hydrogen-bond donors (Lipinski definition) is 0. The van der Waals surface area contributed by atoms with Crippen molar-refractivity contribution in [1.82, 2.24) is 0 Å². The topological polar surface area (TPSA) is 9.23 Å². The lowest BCUT2D eigenvalue weighted by Crippen LogP contribution is -2.26. The molecule has 0 bridgehead atoms. The van der Waals surface area contributed by atoms with E-state index >= 15 is 0 Å². The van der Waals surface area contributed by atoms with Crippen molar-refractivity contribution in [2.75, 3.05) is 7.11 Å². The van der Waals surface area contributed by atoms with Crippen LogP contribution in [0.3, 0.4) is 0 Å². The molecule has 0 aromatic rings. The summed E-state index contributed by atoms with van der Waals surface area (Å²) in [5, 5.41) is 0.517. The largest absolute Gasteiger partial charge is 0.380 e. The molecule has 0 spiro atoms. The van der Waals surface area contributed by atoms with E-state index in [9.17, 15) is 0 Å². The summed E-state index contributed by atoms with van der Waals surface area (Å²) in [5.74, 6) is 0. The molecule has 0 rings (SSSR count). The van der Waals surface area contributed by atoms with Crippen LogP contribution in [0.5, 0.6) is 0 Å². The lowest BCUT2D eigenvalue weighted by atomic mass is 10.2. The highest BCUT2D eigenvalue weighted by Crippen LogP contribution is 2.31. The number of methoxy groups -OCH3 is 1. The SMILES string of the molecule is C=CC[C@@H](OC)[C@H](C)SC(C)(C)C. The molecule has 0 heterocycles. The highest BCUT2D eigenvalue weighted by atomic mass is 32.2. The van der Waals surface area contributed by atoms with Crippen LogP contribution in [0.1, 0.15) is 34.1 Å². The second kappa shape index (κ2) is 5.71. The standard InChI is InChI=1S/C11H22OS/c1-7-8-10(12-6)9(2)13-11(3,4)5/h7,9-10H,1,8H2,2-6H3/t9-,10+/m0/s1. The predicted octanol–water partition coefficient (Wildman–Crippen LogP) is 3.50. The van der Waals surface area contributed by atoms with Gasteiger partial charge in [-0.1, -0.05) is 33.8 Å². The molecule has 0 saturated carbocycles. The van der Waals surface area contributed by atoms with Crippen molar-refractivity contribution in [1.29, 1.82) is 0 Å². The zero-order valence-corrected chi connectivity index (χ0v) is 10.3. The Hall–Kier alpha value is 0.0500. The van der Waals surface area contributed by atoms with Gasteiger partial charge in [-0.15, -0.1) is 6.58 Å². The quantitative estimate of drug-likeness (QED) is 0.631. The highest BCUT2D eigenvalue weighted by molar-refractivity contribution is 8.01. The Labute approximate surface area is 86.9 Å². The van der Waals surface area contributed by atoms with Crippen molar-refractivity contribution in [3.05, 3.63) is 12.7 Å². The highest BCUT2D eigenvalue weighted by Gasteiger charge is 2.22. The Morgan fingerprint density at radius 1 is 1.46 bits per heavy atom. The van der Waals surface area contributed by atoms with Crippen molar-refractivity contribution in [3.8, 4) is 0 Å². The van der Waals surface area contributed by atoms with Gasteiger partial charge in [0.15, 0.2) is 0 Å². The zero-order valence-electron chi connectivity index (χ0n) is 9.46. The molecule has 0 aliphatic carbocycles. The molecule has 0 aliphatic heterocycles. The molecule has 0 saturated heterocycles. The van der Waals surface area contributed by atoms with Crippen molar-refractivity contribution < 1.29 is 4.74 Å². The van der Waals surface area contributed by atoms with Crippen LogP contribution in [0.25, 0.3) is 0 Å². The van der Waals surface area contributed by atoms with Gasteiger partial charge in [0.25, 0.3) is 0 Å². The Morgan fingerprint density at radius 2 is 2.00 bits per heavy atom. The second-order valence-corrected chi connectivity index (χ2v) is 6.44. The van der Waals surface area contributed by atoms with Crippen molar-refractivity contribution >= 4 is 11.8 Å². The van der Waals surface area contributed by atoms with Crippen molar-refractivity contribution in [3.63, 3.8) is 0 Å². The molecule has 0 aromatic heterocycles. The average molecular weight is 202 g/mol. The van der Waals surface area contributed by atoms with Crippen LogP contribution >= 0.6 is 11.8 Å². The number of hydrogen-bond acceptors (Lipinski definition) is 2. The first-order valence-corrected chi connectivity index (χ1v) is 5.60. The van der Waals surface area contributed by atoms with Gasteiger partial charge in [0.1, 0.15) is 0 Å². The minimum atomic E-state index is 0.293. The fourth-order valence-electron chi connectivity index (χ4n) is 1.28.